The van der Waals surface area contributed by atoms with Crippen LogP contribution in [-0.2, 0) is 19.1 Å². The lowest BCUT2D eigenvalue weighted by atomic mass is 9.79. The fourth-order valence-electron chi connectivity index (χ4n) is 3.14. The quantitative estimate of drug-likeness (QED) is 0.244. The van der Waals surface area contributed by atoms with E-state index in [9.17, 15) is 30.0 Å². The molecule has 2 rings (SSSR count). The molecule has 1 aromatic carbocycles. The van der Waals surface area contributed by atoms with Crippen LogP contribution in [0.5, 0.6) is 11.5 Å². The first kappa shape index (κ1) is 25.7. The normalized spacial score (nSPS) is 24.3. The summed E-state index contributed by atoms with van der Waals surface area (Å²) < 4.78 is 15.3. The molecule has 9 heteroatoms. The zero-order chi connectivity index (χ0) is 24.4. The van der Waals surface area contributed by atoms with Gasteiger partial charge in [0.2, 0.25) is 0 Å². The second-order valence-electron chi connectivity index (χ2n) is 7.26. The molecule has 0 aromatic heterocycles. The van der Waals surface area contributed by atoms with Crippen LogP contribution in [-0.4, -0.2) is 69.5 Å². The fraction of sp³-hybridized carbons (Fsp3) is 0.333. The Bertz CT molecular complexity index is 986. The highest BCUT2D eigenvalue weighted by Gasteiger charge is 2.51. The monoisotopic (exact) mass is 458 g/mol. The molecule has 176 valence electrons. The molecule has 9 nitrogen and oxygen atoms in total. The summed E-state index contributed by atoms with van der Waals surface area (Å²) in [6, 6.07) is 4.45. The molecule has 4 N–H and O–H groups in total. The maximum absolute atomic E-state index is 12.2. The molecule has 0 spiro atoms. The molecule has 0 heterocycles. The first-order valence-electron chi connectivity index (χ1n) is 9.99. The van der Waals surface area contributed by atoms with Crippen LogP contribution in [0.15, 0.2) is 61.0 Å². The van der Waals surface area contributed by atoms with E-state index in [1.807, 2.05) is 0 Å². The summed E-state index contributed by atoms with van der Waals surface area (Å²) in [5, 5.41) is 40.8. The third kappa shape index (κ3) is 7.22. The minimum absolute atomic E-state index is 0.149. The van der Waals surface area contributed by atoms with Crippen molar-refractivity contribution >= 4 is 18.0 Å². The van der Waals surface area contributed by atoms with Crippen molar-refractivity contribution in [2.24, 2.45) is 0 Å². The Morgan fingerprint density at radius 3 is 2.52 bits per heavy atom. The molecule has 0 aliphatic heterocycles. The number of benzene rings is 1. The average Bonchev–Trinajstić information content (AvgIpc) is 2.77. The summed E-state index contributed by atoms with van der Waals surface area (Å²) in [6.07, 6.45) is -0.0783. The number of hydrogen-bond acceptors (Lipinski definition) is 9. The summed E-state index contributed by atoms with van der Waals surface area (Å²) in [7, 11) is 0. The highest BCUT2D eigenvalue weighted by molar-refractivity contribution is 5.87. The Kier molecular flexibility index (Phi) is 9.24. The van der Waals surface area contributed by atoms with Gasteiger partial charge in [0.1, 0.15) is 25.4 Å². The third-order valence-corrected chi connectivity index (χ3v) is 4.81. The number of aliphatic hydroxyl groups is 3. The number of aliphatic hydroxyl groups excluding tert-OH is 2. The van der Waals surface area contributed by atoms with Gasteiger partial charge < -0.3 is 34.6 Å². The van der Waals surface area contributed by atoms with Gasteiger partial charge in [-0.2, -0.15) is 0 Å². The number of carbonyl (C=O) groups is 2. The van der Waals surface area contributed by atoms with Crippen LogP contribution < -0.4 is 4.74 Å². The Morgan fingerprint density at radius 1 is 1.15 bits per heavy atom. The molecule has 0 radical (unpaired) electrons. The predicted octanol–water partition coefficient (Wildman–Crippen LogP) is 1.17. The molecule has 1 aromatic rings. The molecule has 1 unspecified atom stereocenters. The summed E-state index contributed by atoms with van der Waals surface area (Å²) in [4.78, 5) is 24.4. The molecular weight excluding hydrogens is 432 g/mol. The Morgan fingerprint density at radius 2 is 1.85 bits per heavy atom. The minimum Gasteiger partial charge on any atom is -0.504 e. The van der Waals surface area contributed by atoms with Crippen LogP contribution in [0.25, 0.3) is 6.08 Å². The number of carbonyl (C=O) groups excluding carboxylic acids is 2. The van der Waals surface area contributed by atoms with E-state index < -0.39 is 48.7 Å². The van der Waals surface area contributed by atoms with E-state index in [2.05, 4.69) is 24.6 Å². The van der Waals surface area contributed by atoms with E-state index in [0.717, 1.165) is 6.08 Å². The average molecular weight is 458 g/mol. The van der Waals surface area contributed by atoms with E-state index in [1.165, 1.54) is 24.3 Å². The van der Waals surface area contributed by atoms with E-state index in [-0.39, 0.29) is 24.7 Å². The topological polar surface area (TPSA) is 143 Å². The van der Waals surface area contributed by atoms with E-state index in [0.29, 0.717) is 5.56 Å². The molecule has 1 fully saturated rings. The maximum Gasteiger partial charge on any atom is 0.338 e. The number of phenolic OH excluding ortho intramolecular Hbond substituents is 1. The molecule has 1 aliphatic carbocycles. The smallest absolute Gasteiger partial charge is 0.338 e. The lowest BCUT2D eigenvalue weighted by Gasteiger charge is -2.39. The van der Waals surface area contributed by atoms with Crippen molar-refractivity contribution in [3.63, 3.8) is 0 Å². The first-order chi connectivity index (χ1) is 15.7. The standard InChI is InChI=1S/C24H26O9/c1-3-5-11-31-19-9-7-16(13-17(19)25)8-10-21(27)33-20-15-24(30,14-18(26)22(20)28)23(29)32-12-6-4-2/h5-10,13,18,20,22,25-26,28,30H,1-2,11-12,14-15H2/b10-8+/t18-,20?,22-,24+/m0/s1. The van der Waals surface area contributed by atoms with Gasteiger partial charge in [0, 0.05) is 18.9 Å². The number of esters is 2. The zero-order valence-electron chi connectivity index (χ0n) is 17.8. The van der Waals surface area contributed by atoms with Gasteiger partial charge >= 0.3 is 11.9 Å². The lowest BCUT2D eigenvalue weighted by molar-refractivity contribution is -0.199. The van der Waals surface area contributed by atoms with Gasteiger partial charge in [-0.3, -0.25) is 0 Å². The highest BCUT2D eigenvalue weighted by atomic mass is 16.6. The van der Waals surface area contributed by atoms with E-state index in [4.69, 9.17) is 14.2 Å². The van der Waals surface area contributed by atoms with Crippen molar-refractivity contribution in [1.82, 2.24) is 0 Å². The Balaban J connectivity index is 2.03. The van der Waals surface area contributed by atoms with Crippen LogP contribution in [0.2, 0.25) is 0 Å². The maximum atomic E-state index is 12.2. The van der Waals surface area contributed by atoms with E-state index in [1.54, 1.807) is 12.1 Å². The van der Waals surface area contributed by atoms with Crippen LogP contribution in [0.3, 0.4) is 0 Å². The SMILES string of the molecule is C=C=CCOC(=O)[C@]1(O)CC(OC(=O)/C=C/c2ccc(OCC=C=C)c(O)c2)[C@@H](O)[C@@H](O)C1. The predicted molar refractivity (Wildman–Crippen MR) is 117 cm³/mol. The van der Waals surface area contributed by atoms with Crippen LogP contribution in [0.4, 0.5) is 0 Å². The van der Waals surface area contributed by atoms with Crippen LogP contribution in [0.1, 0.15) is 18.4 Å². The molecule has 33 heavy (non-hydrogen) atoms. The largest absolute Gasteiger partial charge is 0.504 e. The second-order valence-corrected chi connectivity index (χ2v) is 7.26. The number of aromatic hydroxyl groups is 1. The second kappa shape index (κ2) is 11.9. The highest BCUT2D eigenvalue weighted by Crippen LogP contribution is 2.32. The Labute approximate surface area is 190 Å². The summed E-state index contributed by atoms with van der Waals surface area (Å²) in [5.74, 6) is -1.84. The lowest BCUT2D eigenvalue weighted by Crippen LogP contribution is -2.57. The molecule has 0 bridgehead atoms. The number of phenols is 1. The van der Waals surface area contributed by atoms with Gasteiger partial charge in [0.05, 0.1) is 6.10 Å². The van der Waals surface area contributed by atoms with Gasteiger partial charge in [-0.25, -0.2) is 9.59 Å². The minimum atomic E-state index is -2.15. The molecule has 0 saturated heterocycles. The van der Waals surface area contributed by atoms with Gasteiger partial charge in [0.15, 0.2) is 17.1 Å². The van der Waals surface area contributed by atoms with Crippen LogP contribution in [0, 0.1) is 0 Å². The summed E-state index contributed by atoms with van der Waals surface area (Å²) >= 11 is 0. The summed E-state index contributed by atoms with van der Waals surface area (Å²) in [6.45, 7) is 6.72. The van der Waals surface area contributed by atoms with Crippen LogP contribution >= 0.6 is 0 Å². The first-order valence-corrected chi connectivity index (χ1v) is 9.99. The number of ether oxygens (including phenoxy) is 3. The molecule has 1 aliphatic rings. The van der Waals surface area contributed by atoms with Gasteiger partial charge in [-0.1, -0.05) is 19.2 Å². The summed E-state index contributed by atoms with van der Waals surface area (Å²) in [5.41, 5.74) is 3.25. The van der Waals surface area contributed by atoms with Crippen molar-refractivity contribution in [2.75, 3.05) is 13.2 Å². The molecule has 1 saturated carbocycles. The van der Waals surface area contributed by atoms with E-state index >= 15 is 0 Å². The number of hydrogen-bond donors (Lipinski definition) is 4. The fourth-order valence-corrected chi connectivity index (χ4v) is 3.14. The third-order valence-electron chi connectivity index (χ3n) is 4.81. The number of rotatable bonds is 9. The molecular formula is C24H26O9. The Hall–Kier alpha value is -3.58. The van der Waals surface area contributed by atoms with Crippen molar-refractivity contribution < 1.29 is 44.2 Å². The zero-order valence-corrected chi connectivity index (χ0v) is 17.8. The van der Waals surface area contributed by atoms with Crippen molar-refractivity contribution in [3.8, 4) is 11.5 Å². The molecule has 4 atom stereocenters. The van der Waals surface area contributed by atoms with Gasteiger partial charge in [-0.05, 0) is 35.9 Å². The molecule has 0 amide bonds. The van der Waals surface area contributed by atoms with Crippen molar-refractivity contribution in [1.29, 1.82) is 0 Å². The van der Waals surface area contributed by atoms with Gasteiger partial charge in [-0.15, -0.1) is 11.5 Å². The van der Waals surface area contributed by atoms with Crippen molar-refractivity contribution in [2.45, 2.75) is 36.8 Å². The van der Waals surface area contributed by atoms with Gasteiger partial charge in [0.25, 0.3) is 0 Å². The van der Waals surface area contributed by atoms with Crippen molar-refractivity contribution in [3.05, 3.63) is 66.6 Å².